The molecule has 0 N–H and O–H groups in total. The Morgan fingerprint density at radius 1 is 0.840 bits per heavy atom. The Morgan fingerprint density at radius 3 is 2.00 bits per heavy atom. The van der Waals surface area contributed by atoms with Crippen LogP contribution in [0.3, 0.4) is 0 Å². The predicted octanol–water partition coefficient (Wildman–Crippen LogP) is 0.703. The van der Waals surface area contributed by atoms with Gasteiger partial charge in [0.2, 0.25) is 5.91 Å². The van der Waals surface area contributed by atoms with Crippen LogP contribution in [0, 0.1) is 5.92 Å². The number of morpholine rings is 1. The number of amides is 3. The summed E-state index contributed by atoms with van der Waals surface area (Å²) in [5.41, 5.74) is 0. The van der Waals surface area contributed by atoms with Crippen LogP contribution in [-0.2, 0) is 9.53 Å². The van der Waals surface area contributed by atoms with E-state index in [1.165, 1.54) is 0 Å². The summed E-state index contributed by atoms with van der Waals surface area (Å²) in [6.45, 7) is 11.6. The van der Waals surface area contributed by atoms with E-state index in [4.69, 9.17) is 4.74 Å². The summed E-state index contributed by atoms with van der Waals surface area (Å²) in [6.07, 6.45) is 2.22. The number of urea groups is 1. The van der Waals surface area contributed by atoms with Gasteiger partial charge >= 0.3 is 6.03 Å². The van der Waals surface area contributed by atoms with Crippen molar-refractivity contribution in [2.24, 2.45) is 5.92 Å². The maximum atomic E-state index is 12.7. The van der Waals surface area contributed by atoms with Gasteiger partial charge in [-0.1, -0.05) is 6.92 Å². The minimum atomic E-state index is -0.0888. The van der Waals surface area contributed by atoms with Gasteiger partial charge in [0.15, 0.2) is 0 Å². The minimum Gasteiger partial charge on any atom is -0.378 e. The van der Waals surface area contributed by atoms with Crippen molar-refractivity contribution >= 4 is 11.9 Å². The molecule has 0 aliphatic carbocycles. The number of ether oxygens (including phenoxy) is 1. The van der Waals surface area contributed by atoms with Crippen molar-refractivity contribution in [1.29, 1.82) is 0 Å². The Balaban J connectivity index is 1.46. The standard InChI is InChI=1S/C18H32N4O3/c1-15-3-5-20(6-4-15)17(23)16(2)19-7-9-21(10-8-19)18(24)22-11-13-25-14-12-22/h15-16H,3-14H2,1-2H3. The van der Waals surface area contributed by atoms with Crippen LogP contribution in [0.25, 0.3) is 0 Å². The van der Waals surface area contributed by atoms with Gasteiger partial charge in [-0.05, 0) is 25.7 Å². The summed E-state index contributed by atoms with van der Waals surface area (Å²) in [5.74, 6) is 0.981. The third-order valence-electron chi connectivity index (χ3n) is 5.87. The highest BCUT2D eigenvalue weighted by atomic mass is 16.5. The van der Waals surface area contributed by atoms with E-state index in [1.54, 1.807) is 0 Å². The molecule has 0 aromatic rings. The lowest BCUT2D eigenvalue weighted by Crippen LogP contribution is -2.58. The monoisotopic (exact) mass is 352 g/mol. The third-order valence-corrected chi connectivity index (χ3v) is 5.87. The van der Waals surface area contributed by atoms with E-state index in [2.05, 4.69) is 11.8 Å². The number of rotatable bonds is 2. The second kappa shape index (κ2) is 8.36. The average Bonchev–Trinajstić information content (AvgIpc) is 2.67. The molecule has 1 atom stereocenters. The second-order valence-corrected chi connectivity index (χ2v) is 7.59. The van der Waals surface area contributed by atoms with Crippen molar-refractivity contribution in [3.63, 3.8) is 0 Å². The van der Waals surface area contributed by atoms with Crippen LogP contribution >= 0.6 is 0 Å². The van der Waals surface area contributed by atoms with Crippen molar-refractivity contribution in [2.75, 3.05) is 65.6 Å². The van der Waals surface area contributed by atoms with Crippen LogP contribution in [0.4, 0.5) is 4.79 Å². The summed E-state index contributed by atoms with van der Waals surface area (Å²) in [6, 6.07) is 0.0287. The van der Waals surface area contributed by atoms with Crippen LogP contribution in [0.15, 0.2) is 0 Å². The summed E-state index contributed by atoms with van der Waals surface area (Å²) < 4.78 is 5.31. The van der Waals surface area contributed by atoms with Gasteiger partial charge in [-0.3, -0.25) is 9.69 Å². The molecule has 3 aliphatic rings. The first-order valence-corrected chi connectivity index (χ1v) is 9.70. The molecule has 3 aliphatic heterocycles. The number of carbonyl (C=O) groups excluding carboxylic acids is 2. The van der Waals surface area contributed by atoms with Crippen molar-refractivity contribution in [3.8, 4) is 0 Å². The molecule has 142 valence electrons. The van der Waals surface area contributed by atoms with E-state index in [1.807, 2.05) is 21.6 Å². The maximum Gasteiger partial charge on any atom is 0.320 e. The first-order chi connectivity index (χ1) is 12.1. The van der Waals surface area contributed by atoms with E-state index < -0.39 is 0 Å². The zero-order valence-electron chi connectivity index (χ0n) is 15.7. The smallest absolute Gasteiger partial charge is 0.320 e. The van der Waals surface area contributed by atoms with Crippen LogP contribution in [0.5, 0.6) is 0 Å². The van der Waals surface area contributed by atoms with E-state index in [9.17, 15) is 9.59 Å². The van der Waals surface area contributed by atoms with Crippen molar-refractivity contribution in [1.82, 2.24) is 19.6 Å². The van der Waals surface area contributed by atoms with E-state index >= 15 is 0 Å². The third kappa shape index (κ3) is 4.44. The Hall–Kier alpha value is -1.34. The molecule has 0 saturated carbocycles. The Kier molecular flexibility index (Phi) is 6.17. The van der Waals surface area contributed by atoms with Gasteiger partial charge in [-0.2, -0.15) is 0 Å². The molecule has 25 heavy (non-hydrogen) atoms. The molecular weight excluding hydrogens is 320 g/mol. The highest BCUT2D eigenvalue weighted by Gasteiger charge is 2.32. The molecule has 3 amide bonds. The van der Waals surface area contributed by atoms with Crippen LogP contribution in [0.2, 0.25) is 0 Å². The summed E-state index contributed by atoms with van der Waals surface area (Å²) in [4.78, 5) is 33.3. The highest BCUT2D eigenvalue weighted by molar-refractivity contribution is 5.81. The summed E-state index contributed by atoms with van der Waals surface area (Å²) in [5, 5.41) is 0. The topological polar surface area (TPSA) is 56.3 Å². The SMILES string of the molecule is CC1CCN(C(=O)C(C)N2CCN(C(=O)N3CCOCC3)CC2)CC1. The molecule has 0 aromatic heterocycles. The molecule has 0 aromatic carbocycles. The zero-order valence-corrected chi connectivity index (χ0v) is 15.7. The lowest BCUT2D eigenvalue weighted by Gasteiger charge is -2.41. The van der Waals surface area contributed by atoms with Crippen molar-refractivity contribution in [2.45, 2.75) is 32.7 Å². The number of nitrogens with zero attached hydrogens (tertiary/aromatic N) is 4. The van der Waals surface area contributed by atoms with Gasteiger partial charge < -0.3 is 19.4 Å². The number of hydrogen-bond donors (Lipinski definition) is 0. The minimum absolute atomic E-state index is 0.0888. The van der Waals surface area contributed by atoms with Crippen LogP contribution < -0.4 is 0 Å². The number of carbonyl (C=O) groups is 2. The molecule has 0 spiro atoms. The van der Waals surface area contributed by atoms with Crippen molar-refractivity contribution in [3.05, 3.63) is 0 Å². The quantitative estimate of drug-likeness (QED) is 0.734. The fraction of sp³-hybridized carbons (Fsp3) is 0.889. The van der Waals surface area contributed by atoms with E-state index in [-0.39, 0.29) is 18.0 Å². The maximum absolute atomic E-state index is 12.7. The fourth-order valence-corrected chi connectivity index (χ4v) is 3.90. The molecule has 3 rings (SSSR count). The molecular formula is C18H32N4O3. The average molecular weight is 352 g/mol. The van der Waals surface area contributed by atoms with Gasteiger partial charge in [0.05, 0.1) is 19.3 Å². The Bertz CT molecular complexity index is 465. The van der Waals surface area contributed by atoms with Gasteiger partial charge in [0, 0.05) is 52.4 Å². The van der Waals surface area contributed by atoms with E-state index in [0.717, 1.165) is 44.9 Å². The molecule has 7 heteroatoms. The largest absolute Gasteiger partial charge is 0.378 e. The fourth-order valence-electron chi connectivity index (χ4n) is 3.90. The summed E-state index contributed by atoms with van der Waals surface area (Å²) in [7, 11) is 0. The lowest BCUT2D eigenvalue weighted by atomic mass is 9.98. The number of hydrogen-bond acceptors (Lipinski definition) is 4. The van der Waals surface area contributed by atoms with Crippen molar-refractivity contribution < 1.29 is 14.3 Å². The normalized spacial score (nSPS) is 25.1. The van der Waals surface area contributed by atoms with Gasteiger partial charge in [0.25, 0.3) is 0 Å². The van der Waals surface area contributed by atoms with Gasteiger partial charge in [-0.25, -0.2) is 4.79 Å². The van der Waals surface area contributed by atoms with Gasteiger partial charge in [-0.15, -0.1) is 0 Å². The van der Waals surface area contributed by atoms with Crippen LogP contribution in [0.1, 0.15) is 26.7 Å². The summed E-state index contributed by atoms with van der Waals surface area (Å²) >= 11 is 0. The first kappa shape index (κ1) is 18.5. The lowest BCUT2D eigenvalue weighted by molar-refractivity contribution is -0.138. The Labute approximate surface area is 150 Å². The number of likely N-dealkylation sites (tertiary alicyclic amines) is 1. The molecule has 3 fully saturated rings. The molecule has 0 bridgehead atoms. The second-order valence-electron chi connectivity index (χ2n) is 7.59. The van der Waals surface area contributed by atoms with E-state index in [0.29, 0.717) is 39.4 Å². The molecule has 3 saturated heterocycles. The van der Waals surface area contributed by atoms with Crippen LogP contribution in [-0.4, -0.2) is 103 Å². The zero-order chi connectivity index (χ0) is 17.8. The Morgan fingerprint density at radius 2 is 1.40 bits per heavy atom. The number of piperazine rings is 1. The molecule has 3 heterocycles. The predicted molar refractivity (Wildman–Crippen MR) is 95.4 cm³/mol. The molecule has 0 radical (unpaired) electrons. The first-order valence-electron chi connectivity index (χ1n) is 9.70. The molecule has 7 nitrogen and oxygen atoms in total. The van der Waals surface area contributed by atoms with Gasteiger partial charge in [0.1, 0.15) is 0 Å². The number of piperidine rings is 1. The molecule has 1 unspecified atom stereocenters. The highest BCUT2D eigenvalue weighted by Crippen LogP contribution is 2.18.